The van der Waals surface area contributed by atoms with E-state index in [2.05, 4.69) is 27.2 Å². The average Bonchev–Trinajstić information content (AvgIpc) is 3.64. The van der Waals surface area contributed by atoms with Crippen LogP contribution >= 0.6 is 0 Å². The Kier molecular flexibility index (Phi) is 11.3. The Balaban J connectivity index is 1.52. The van der Waals surface area contributed by atoms with Crippen molar-refractivity contribution in [2.24, 2.45) is 7.05 Å². The molecule has 0 spiro atoms. The van der Waals surface area contributed by atoms with Gasteiger partial charge in [0.15, 0.2) is 5.82 Å². The number of benzene rings is 2. The Morgan fingerprint density at radius 1 is 1.06 bits per heavy atom. The monoisotopic (exact) mass is 701 g/mol. The summed E-state index contributed by atoms with van der Waals surface area (Å²) in [6, 6.07) is 12.4. The number of nitrogens with zero attached hydrogens (tertiary/aromatic N) is 5. The number of rotatable bonds is 15. The SMILES string of the molecule is CCCCc1nc(C)c(CC(=O)Nc2cnn(C)c2)c(=O)n1Cc1ccc(-c2ccccc2S(=O)(=O)Nc2noc(C)c2C)c(COCC)c1. The minimum absolute atomic E-state index is 0.0700. The first-order valence-corrected chi connectivity index (χ1v) is 18.0. The minimum atomic E-state index is -4.06. The maximum atomic E-state index is 14.1. The molecule has 50 heavy (non-hydrogen) atoms. The number of hydrogen-bond acceptors (Lipinski definition) is 9. The Morgan fingerprint density at radius 2 is 1.84 bits per heavy atom. The number of nitrogens with one attached hydrogen (secondary N) is 2. The molecule has 2 N–H and O–H groups in total. The zero-order chi connectivity index (χ0) is 36.0. The summed E-state index contributed by atoms with van der Waals surface area (Å²) in [7, 11) is -2.31. The topological polar surface area (TPSA) is 163 Å². The highest BCUT2D eigenvalue weighted by molar-refractivity contribution is 7.92. The first-order valence-electron chi connectivity index (χ1n) is 16.5. The largest absolute Gasteiger partial charge is 0.377 e. The Hall–Kier alpha value is -5.08. The third kappa shape index (κ3) is 8.20. The Bertz CT molecular complexity index is 2170. The average molecular weight is 702 g/mol. The van der Waals surface area contributed by atoms with Gasteiger partial charge in [0.05, 0.1) is 36.4 Å². The van der Waals surface area contributed by atoms with Gasteiger partial charge >= 0.3 is 0 Å². The van der Waals surface area contributed by atoms with Crippen molar-refractivity contribution < 1.29 is 22.5 Å². The van der Waals surface area contributed by atoms with Crippen molar-refractivity contribution in [3.8, 4) is 11.1 Å². The first-order chi connectivity index (χ1) is 23.9. The van der Waals surface area contributed by atoms with Crippen LogP contribution in [0.2, 0.25) is 0 Å². The maximum absolute atomic E-state index is 14.1. The zero-order valence-corrected chi connectivity index (χ0v) is 30.1. The van der Waals surface area contributed by atoms with E-state index in [-0.39, 0.29) is 41.8 Å². The molecule has 0 fully saturated rings. The molecule has 14 heteroatoms. The Morgan fingerprint density at radius 3 is 2.52 bits per heavy atom. The summed E-state index contributed by atoms with van der Waals surface area (Å²) in [5.41, 5.74) is 4.41. The molecule has 5 rings (SSSR count). The molecule has 0 atom stereocenters. The molecule has 264 valence electrons. The van der Waals surface area contributed by atoms with Gasteiger partial charge in [0.25, 0.3) is 15.6 Å². The number of aryl methyl sites for hydroxylation is 4. The number of ether oxygens (including phenoxy) is 1. The highest BCUT2D eigenvalue weighted by Crippen LogP contribution is 2.33. The zero-order valence-electron chi connectivity index (χ0n) is 29.2. The summed E-state index contributed by atoms with van der Waals surface area (Å²) in [5.74, 6) is 0.953. The number of hydrogen-bond donors (Lipinski definition) is 2. The molecule has 0 radical (unpaired) electrons. The van der Waals surface area contributed by atoms with E-state index in [4.69, 9.17) is 14.2 Å². The summed E-state index contributed by atoms with van der Waals surface area (Å²) >= 11 is 0. The molecule has 3 aromatic heterocycles. The van der Waals surface area contributed by atoms with Crippen LogP contribution in [0.15, 0.2) is 69.1 Å². The number of amides is 1. The van der Waals surface area contributed by atoms with Crippen LogP contribution in [0.25, 0.3) is 11.1 Å². The van der Waals surface area contributed by atoms with Crippen molar-refractivity contribution in [3.63, 3.8) is 0 Å². The van der Waals surface area contributed by atoms with E-state index in [1.54, 1.807) is 73.7 Å². The fourth-order valence-electron chi connectivity index (χ4n) is 5.64. The smallest absolute Gasteiger partial charge is 0.263 e. The lowest BCUT2D eigenvalue weighted by Gasteiger charge is -2.18. The van der Waals surface area contributed by atoms with Gasteiger partial charge in [-0.15, -0.1) is 0 Å². The molecule has 0 unspecified atom stereocenters. The van der Waals surface area contributed by atoms with Crippen molar-refractivity contribution in [2.75, 3.05) is 16.6 Å². The molecule has 13 nitrogen and oxygen atoms in total. The molecule has 0 bridgehead atoms. The summed E-state index contributed by atoms with van der Waals surface area (Å²) in [6.07, 6.45) is 5.45. The molecule has 2 aromatic carbocycles. The van der Waals surface area contributed by atoms with E-state index >= 15 is 0 Å². The van der Waals surface area contributed by atoms with Gasteiger partial charge in [-0.2, -0.15) is 5.10 Å². The van der Waals surface area contributed by atoms with E-state index in [1.165, 1.54) is 0 Å². The van der Waals surface area contributed by atoms with Crippen molar-refractivity contribution >= 4 is 27.4 Å². The normalized spacial score (nSPS) is 11.6. The van der Waals surface area contributed by atoms with Crippen LogP contribution in [-0.4, -0.2) is 45.4 Å². The molecular formula is C36H43N7O6S. The van der Waals surface area contributed by atoms with Crippen molar-refractivity contribution in [2.45, 2.75) is 78.3 Å². The number of anilines is 2. The number of unbranched alkanes of at least 4 members (excludes halogenated alkanes) is 1. The highest BCUT2D eigenvalue weighted by Gasteiger charge is 2.24. The maximum Gasteiger partial charge on any atom is 0.263 e. The predicted molar refractivity (Wildman–Crippen MR) is 190 cm³/mol. The van der Waals surface area contributed by atoms with Gasteiger partial charge in [-0.05, 0) is 56.9 Å². The third-order valence-electron chi connectivity index (χ3n) is 8.46. The van der Waals surface area contributed by atoms with Crippen LogP contribution in [-0.2, 0) is 52.6 Å². The van der Waals surface area contributed by atoms with Crippen LogP contribution in [0.5, 0.6) is 0 Å². The van der Waals surface area contributed by atoms with Gasteiger partial charge in [-0.25, -0.2) is 13.4 Å². The molecule has 0 saturated heterocycles. The molecular weight excluding hydrogens is 659 g/mol. The van der Waals surface area contributed by atoms with Crippen molar-refractivity contribution in [1.82, 2.24) is 24.5 Å². The highest BCUT2D eigenvalue weighted by atomic mass is 32.2. The number of sulfonamides is 1. The lowest BCUT2D eigenvalue weighted by Crippen LogP contribution is -2.32. The van der Waals surface area contributed by atoms with Crippen LogP contribution in [0, 0.1) is 20.8 Å². The van der Waals surface area contributed by atoms with Crippen molar-refractivity contribution in [1.29, 1.82) is 0 Å². The quantitative estimate of drug-likeness (QED) is 0.144. The summed E-state index contributed by atoms with van der Waals surface area (Å²) in [4.78, 5) is 31.9. The summed E-state index contributed by atoms with van der Waals surface area (Å²) in [5, 5.41) is 10.7. The van der Waals surface area contributed by atoms with Gasteiger partial charge < -0.3 is 14.6 Å². The van der Waals surface area contributed by atoms with Crippen LogP contribution in [0.3, 0.4) is 0 Å². The molecule has 1 amide bonds. The van der Waals surface area contributed by atoms with E-state index in [0.717, 1.165) is 24.0 Å². The van der Waals surface area contributed by atoms with Gasteiger partial charge in [-0.1, -0.05) is 54.9 Å². The van der Waals surface area contributed by atoms with E-state index in [1.807, 2.05) is 25.1 Å². The van der Waals surface area contributed by atoms with Crippen molar-refractivity contribution in [3.05, 3.63) is 105 Å². The second kappa shape index (κ2) is 15.6. The van der Waals surface area contributed by atoms with E-state index < -0.39 is 10.0 Å². The molecule has 0 aliphatic heterocycles. The number of carbonyl (C=O) groups excluding carboxylic acids is 1. The predicted octanol–water partition coefficient (Wildman–Crippen LogP) is 5.47. The van der Waals surface area contributed by atoms with Crippen LogP contribution in [0.4, 0.5) is 11.5 Å². The van der Waals surface area contributed by atoms with Gasteiger partial charge in [0, 0.05) is 48.7 Å². The molecule has 0 saturated carbocycles. The number of carbonyl (C=O) groups is 1. The fourth-order valence-corrected chi connectivity index (χ4v) is 6.92. The van der Waals surface area contributed by atoms with Gasteiger partial charge in [0.2, 0.25) is 5.91 Å². The fraction of sp³-hybridized carbons (Fsp3) is 0.361. The van der Waals surface area contributed by atoms with Crippen LogP contribution < -0.4 is 15.6 Å². The molecule has 3 heterocycles. The Labute approximate surface area is 291 Å². The molecule has 0 aliphatic carbocycles. The van der Waals surface area contributed by atoms with E-state index in [0.29, 0.717) is 58.2 Å². The third-order valence-corrected chi connectivity index (χ3v) is 9.85. The minimum Gasteiger partial charge on any atom is -0.377 e. The standard InChI is InChI=1S/C36H43N7O6S/c1-7-9-14-33-38-24(4)31(18-34(44)39-28-19-37-42(6)21-28)36(45)43(33)20-26-15-16-29(27(17-26)22-48-8-2)30-12-10-11-13-32(30)50(46,47)41-35-23(3)25(5)49-40-35/h10-13,15-17,19,21H,7-9,14,18,20,22H2,1-6H3,(H,39,44)(H,40,41). The lowest BCUT2D eigenvalue weighted by atomic mass is 9.97. The molecule has 0 aliphatic rings. The second-order valence-corrected chi connectivity index (χ2v) is 13.8. The molecule has 5 aromatic rings. The van der Waals surface area contributed by atoms with Gasteiger partial charge in [0.1, 0.15) is 11.6 Å². The second-order valence-electron chi connectivity index (χ2n) is 12.2. The summed E-state index contributed by atoms with van der Waals surface area (Å²) in [6.45, 7) is 10.0. The number of aromatic nitrogens is 5. The van der Waals surface area contributed by atoms with Crippen LogP contribution in [0.1, 0.15) is 66.2 Å². The van der Waals surface area contributed by atoms with Gasteiger partial charge in [-0.3, -0.25) is 23.6 Å². The lowest BCUT2D eigenvalue weighted by molar-refractivity contribution is -0.115. The summed E-state index contributed by atoms with van der Waals surface area (Å²) < 4.78 is 44.2. The first kappa shape index (κ1) is 36.2. The van der Waals surface area contributed by atoms with E-state index in [9.17, 15) is 18.0 Å².